The Morgan fingerprint density at radius 1 is 1.29 bits per heavy atom. The lowest BCUT2D eigenvalue weighted by Gasteiger charge is -2.36. The van der Waals surface area contributed by atoms with Crippen molar-refractivity contribution in [3.05, 3.63) is 35.9 Å². The van der Waals surface area contributed by atoms with Gasteiger partial charge in [0.05, 0.1) is 6.61 Å². The number of ether oxygens (including phenoxy) is 1. The molecule has 2 aliphatic heterocycles. The average Bonchev–Trinajstić information content (AvgIpc) is 2.72. The number of benzene rings is 1. The first kappa shape index (κ1) is 14.5. The molecular formula is C17H23NO3. The van der Waals surface area contributed by atoms with Crippen LogP contribution in [0.1, 0.15) is 37.2 Å². The number of carbonyl (C=O) groups is 1. The zero-order valence-corrected chi connectivity index (χ0v) is 12.4. The quantitative estimate of drug-likeness (QED) is 0.861. The molecule has 0 amide bonds. The van der Waals surface area contributed by atoms with Gasteiger partial charge in [-0.3, -0.25) is 4.79 Å². The van der Waals surface area contributed by atoms with E-state index in [4.69, 9.17) is 4.74 Å². The molecule has 2 heterocycles. The number of aliphatic hydroxyl groups is 1. The average molecular weight is 289 g/mol. The van der Waals surface area contributed by atoms with Gasteiger partial charge >= 0.3 is 5.97 Å². The Bertz CT molecular complexity index is 476. The third kappa shape index (κ3) is 2.97. The number of hydrogen-bond acceptors (Lipinski definition) is 4. The van der Waals surface area contributed by atoms with Crippen LogP contribution in [0.2, 0.25) is 0 Å². The maximum atomic E-state index is 12.4. The van der Waals surface area contributed by atoms with Crippen LogP contribution >= 0.6 is 0 Å². The number of rotatable bonds is 4. The van der Waals surface area contributed by atoms with E-state index >= 15 is 0 Å². The Morgan fingerprint density at radius 3 is 2.48 bits per heavy atom. The van der Waals surface area contributed by atoms with E-state index in [1.165, 1.54) is 12.8 Å². The van der Waals surface area contributed by atoms with E-state index < -0.39 is 5.92 Å². The fraction of sp³-hybridized carbons (Fsp3) is 0.588. The first-order valence-electron chi connectivity index (χ1n) is 7.77. The summed E-state index contributed by atoms with van der Waals surface area (Å²) in [4.78, 5) is 14.8. The molecule has 2 aliphatic rings. The summed E-state index contributed by atoms with van der Waals surface area (Å²) in [6.45, 7) is -0.206. The summed E-state index contributed by atoms with van der Waals surface area (Å²) in [5.41, 5.74) is 0.820. The van der Waals surface area contributed by atoms with Gasteiger partial charge in [0.2, 0.25) is 0 Å². The molecule has 21 heavy (non-hydrogen) atoms. The van der Waals surface area contributed by atoms with Gasteiger partial charge in [0.25, 0.3) is 0 Å². The van der Waals surface area contributed by atoms with Gasteiger partial charge in [-0.1, -0.05) is 30.3 Å². The molecule has 2 bridgehead atoms. The van der Waals surface area contributed by atoms with Crippen molar-refractivity contribution in [3.63, 3.8) is 0 Å². The van der Waals surface area contributed by atoms with Gasteiger partial charge in [-0.25, -0.2) is 0 Å². The lowest BCUT2D eigenvalue weighted by molar-refractivity contribution is -0.155. The van der Waals surface area contributed by atoms with Crippen LogP contribution in [-0.4, -0.2) is 47.8 Å². The summed E-state index contributed by atoms with van der Waals surface area (Å²) in [6.07, 6.45) is 4.26. The van der Waals surface area contributed by atoms with Crippen LogP contribution in [0.4, 0.5) is 0 Å². The fourth-order valence-corrected chi connectivity index (χ4v) is 3.71. The second kappa shape index (κ2) is 6.16. The molecular weight excluding hydrogens is 266 g/mol. The van der Waals surface area contributed by atoms with Gasteiger partial charge in [-0.15, -0.1) is 0 Å². The van der Waals surface area contributed by atoms with E-state index in [0.29, 0.717) is 12.1 Å². The third-order valence-electron chi connectivity index (χ3n) is 5.01. The summed E-state index contributed by atoms with van der Waals surface area (Å²) in [5, 5.41) is 9.53. The second-order valence-corrected chi connectivity index (χ2v) is 6.23. The number of aliphatic hydroxyl groups excluding tert-OH is 1. The van der Waals surface area contributed by atoms with E-state index in [2.05, 4.69) is 11.9 Å². The standard InChI is InChI=1S/C17H23NO3/c1-18-13-7-8-14(18)10-15(9-13)21-17(20)16(11-19)12-5-3-2-4-6-12/h2-6,13-16,19H,7-11H2,1H3/t13-,14-,16+/m0/s1. The monoisotopic (exact) mass is 289 g/mol. The SMILES string of the molecule is CN1[C@H]2CC[C@H]1CC(OC(=O)[C@H](CO)c1ccccc1)C2. The Kier molecular flexibility index (Phi) is 4.27. The van der Waals surface area contributed by atoms with Crippen LogP contribution in [0.25, 0.3) is 0 Å². The molecule has 114 valence electrons. The maximum Gasteiger partial charge on any atom is 0.316 e. The normalized spacial score (nSPS) is 30.1. The predicted octanol–water partition coefficient (Wildman–Crippen LogP) is 1.93. The number of esters is 1. The van der Waals surface area contributed by atoms with Crippen molar-refractivity contribution in [1.29, 1.82) is 0 Å². The molecule has 0 spiro atoms. The largest absolute Gasteiger partial charge is 0.462 e. The first-order valence-corrected chi connectivity index (χ1v) is 7.77. The molecule has 4 heteroatoms. The molecule has 4 nitrogen and oxygen atoms in total. The van der Waals surface area contributed by atoms with E-state index in [9.17, 15) is 9.90 Å². The minimum Gasteiger partial charge on any atom is -0.462 e. The number of piperidine rings is 1. The van der Waals surface area contributed by atoms with Crippen LogP contribution in [0.15, 0.2) is 30.3 Å². The molecule has 0 aromatic heterocycles. The maximum absolute atomic E-state index is 12.4. The number of nitrogens with zero attached hydrogens (tertiary/aromatic N) is 1. The predicted molar refractivity (Wildman–Crippen MR) is 80.0 cm³/mol. The highest BCUT2D eigenvalue weighted by Gasteiger charge is 2.40. The summed E-state index contributed by atoms with van der Waals surface area (Å²) in [7, 11) is 2.17. The molecule has 0 saturated carbocycles. The van der Waals surface area contributed by atoms with Gasteiger partial charge in [0, 0.05) is 12.1 Å². The van der Waals surface area contributed by atoms with E-state index in [-0.39, 0.29) is 18.7 Å². The molecule has 1 N–H and O–H groups in total. The van der Waals surface area contributed by atoms with Crippen LogP contribution in [0, 0.1) is 0 Å². The zero-order chi connectivity index (χ0) is 14.8. The van der Waals surface area contributed by atoms with Gasteiger partial charge in [0.15, 0.2) is 0 Å². The van der Waals surface area contributed by atoms with Crippen LogP contribution in [0.5, 0.6) is 0 Å². The smallest absolute Gasteiger partial charge is 0.316 e. The van der Waals surface area contributed by atoms with Crippen LogP contribution < -0.4 is 0 Å². The zero-order valence-electron chi connectivity index (χ0n) is 12.4. The second-order valence-electron chi connectivity index (χ2n) is 6.23. The van der Waals surface area contributed by atoms with Gasteiger partial charge < -0.3 is 14.7 Å². The fourth-order valence-electron chi connectivity index (χ4n) is 3.71. The third-order valence-corrected chi connectivity index (χ3v) is 5.01. The van der Waals surface area contributed by atoms with Crippen molar-refractivity contribution in [2.45, 2.75) is 49.8 Å². The summed E-state index contributed by atoms with van der Waals surface area (Å²) < 4.78 is 5.70. The summed E-state index contributed by atoms with van der Waals surface area (Å²) in [6, 6.07) is 10.5. The highest BCUT2D eigenvalue weighted by Crippen LogP contribution is 2.36. The summed E-state index contributed by atoms with van der Waals surface area (Å²) in [5.74, 6) is -0.860. The van der Waals surface area contributed by atoms with Crippen LogP contribution in [-0.2, 0) is 9.53 Å². The highest BCUT2D eigenvalue weighted by atomic mass is 16.5. The number of fused-ring (bicyclic) bond motifs is 2. The van der Waals surface area contributed by atoms with Gasteiger partial charge in [-0.2, -0.15) is 0 Å². The molecule has 1 aromatic carbocycles. The van der Waals surface area contributed by atoms with E-state index in [0.717, 1.165) is 18.4 Å². The minimum absolute atomic E-state index is 0.00367. The lowest BCUT2D eigenvalue weighted by atomic mass is 9.98. The van der Waals surface area contributed by atoms with Crippen molar-refractivity contribution in [2.75, 3.05) is 13.7 Å². The van der Waals surface area contributed by atoms with Crippen molar-refractivity contribution in [1.82, 2.24) is 4.90 Å². The van der Waals surface area contributed by atoms with Crippen molar-refractivity contribution >= 4 is 5.97 Å². The van der Waals surface area contributed by atoms with Crippen molar-refractivity contribution < 1.29 is 14.6 Å². The molecule has 2 fully saturated rings. The first-order chi connectivity index (χ1) is 10.2. The van der Waals surface area contributed by atoms with E-state index in [1.807, 2.05) is 30.3 Å². The number of hydrogen-bond donors (Lipinski definition) is 1. The minimum atomic E-state index is -0.566. The Labute approximate surface area is 125 Å². The Balaban J connectivity index is 1.63. The highest BCUT2D eigenvalue weighted by molar-refractivity contribution is 5.78. The number of carbonyl (C=O) groups excluding carboxylic acids is 1. The molecule has 2 saturated heterocycles. The molecule has 3 rings (SSSR count). The molecule has 0 aliphatic carbocycles. The topological polar surface area (TPSA) is 49.8 Å². The Hall–Kier alpha value is -1.39. The Morgan fingerprint density at radius 2 is 1.90 bits per heavy atom. The lowest BCUT2D eigenvalue weighted by Crippen LogP contribution is -2.43. The van der Waals surface area contributed by atoms with Gasteiger partial charge in [-0.05, 0) is 38.3 Å². The molecule has 0 unspecified atom stereocenters. The molecule has 0 radical (unpaired) electrons. The molecule has 1 aromatic rings. The van der Waals surface area contributed by atoms with E-state index in [1.54, 1.807) is 0 Å². The van der Waals surface area contributed by atoms with Gasteiger partial charge in [0.1, 0.15) is 12.0 Å². The molecule has 3 atom stereocenters. The van der Waals surface area contributed by atoms with Crippen molar-refractivity contribution in [2.24, 2.45) is 0 Å². The summed E-state index contributed by atoms with van der Waals surface area (Å²) >= 11 is 0. The van der Waals surface area contributed by atoms with Crippen LogP contribution in [0.3, 0.4) is 0 Å². The van der Waals surface area contributed by atoms with Crippen molar-refractivity contribution in [3.8, 4) is 0 Å².